The molecule has 0 amide bonds. The third kappa shape index (κ3) is 1.46. The molecule has 0 aliphatic carbocycles. The van der Waals surface area contributed by atoms with E-state index < -0.39 is 0 Å². The zero-order valence-electron chi connectivity index (χ0n) is 7.83. The number of rotatable bonds is 1. The molecule has 1 aromatic carbocycles. The van der Waals surface area contributed by atoms with Gasteiger partial charge in [-0.05, 0) is 17.7 Å². The SMILES string of the molecule is Clc1cc(-c2c[nH]c3ccccc23)cs1. The van der Waals surface area contributed by atoms with Crippen LogP contribution in [-0.4, -0.2) is 4.98 Å². The van der Waals surface area contributed by atoms with Crippen molar-refractivity contribution in [3.8, 4) is 11.1 Å². The number of fused-ring (bicyclic) bond motifs is 1. The van der Waals surface area contributed by atoms with E-state index in [9.17, 15) is 0 Å². The monoisotopic (exact) mass is 233 g/mol. The molecule has 2 heterocycles. The minimum absolute atomic E-state index is 0.829. The van der Waals surface area contributed by atoms with Crippen LogP contribution in [0.15, 0.2) is 41.9 Å². The molecule has 0 unspecified atom stereocenters. The summed E-state index contributed by atoms with van der Waals surface area (Å²) in [5.74, 6) is 0. The first-order valence-electron chi connectivity index (χ1n) is 4.65. The average molecular weight is 234 g/mol. The molecule has 3 aromatic rings. The Hall–Kier alpha value is -1.25. The lowest BCUT2D eigenvalue weighted by Gasteiger charge is -1.93. The highest BCUT2D eigenvalue weighted by Gasteiger charge is 2.06. The van der Waals surface area contributed by atoms with Gasteiger partial charge in [0.05, 0.1) is 4.34 Å². The topological polar surface area (TPSA) is 15.8 Å². The lowest BCUT2D eigenvalue weighted by Crippen LogP contribution is -1.68. The molecule has 3 rings (SSSR count). The molecule has 0 aliphatic heterocycles. The number of nitrogens with one attached hydrogen (secondary N) is 1. The molecule has 0 fully saturated rings. The van der Waals surface area contributed by atoms with Crippen molar-refractivity contribution in [3.05, 3.63) is 46.2 Å². The van der Waals surface area contributed by atoms with E-state index in [1.807, 2.05) is 24.4 Å². The normalized spacial score (nSPS) is 11.0. The summed E-state index contributed by atoms with van der Waals surface area (Å²) in [4.78, 5) is 3.26. The van der Waals surface area contributed by atoms with E-state index in [1.165, 1.54) is 16.5 Å². The molecule has 0 saturated heterocycles. The predicted octanol–water partition coefficient (Wildman–Crippen LogP) is 4.55. The molecule has 74 valence electrons. The molecule has 15 heavy (non-hydrogen) atoms. The quantitative estimate of drug-likeness (QED) is 0.635. The Labute approximate surface area is 96.3 Å². The number of aromatic amines is 1. The molecule has 1 nitrogen and oxygen atoms in total. The minimum Gasteiger partial charge on any atom is -0.361 e. The summed E-state index contributed by atoms with van der Waals surface area (Å²) < 4.78 is 0.829. The standard InChI is InChI=1S/C12H8ClNS/c13-12-5-8(7-15-12)10-6-14-11-4-2-1-3-9(10)11/h1-7,14H. The Bertz CT molecular complexity index is 609. The van der Waals surface area contributed by atoms with Crippen LogP contribution >= 0.6 is 22.9 Å². The smallest absolute Gasteiger partial charge is 0.0934 e. The molecule has 2 aromatic heterocycles. The van der Waals surface area contributed by atoms with Gasteiger partial charge in [-0.1, -0.05) is 29.8 Å². The first-order chi connectivity index (χ1) is 7.34. The fourth-order valence-corrected chi connectivity index (χ4v) is 2.64. The third-order valence-corrected chi connectivity index (χ3v) is 3.56. The molecule has 1 N–H and O–H groups in total. The molecule has 0 spiro atoms. The van der Waals surface area contributed by atoms with Crippen LogP contribution in [0.1, 0.15) is 0 Å². The van der Waals surface area contributed by atoms with Crippen molar-refractivity contribution in [3.63, 3.8) is 0 Å². The van der Waals surface area contributed by atoms with E-state index in [-0.39, 0.29) is 0 Å². The second-order valence-corrected chi connectivity index (χ2v) is 4.93. The number of hydrogen-bond donors (Lipinski definition) is 1. The number of thiophene rings is 1. The van der Waals surface area contributed by atoms with E-state index in [1.54, 1.807) is 11.3 Å². The average Bonchev–Trinajstić information content (AvgIpc) is 2.83. The summed E-state index contributed by atoms with van der Waals surface area (Å²) in [5.41, 5.74) is 3.56. The lowest BCUT2D eigenvalue weighted by molar-refractivity contribution is 1.48. The number of benzene rings is 1. The summed E-state index contributed by atoms with van der Waals surface area (Å²) in [6.45, 7) is 0. The van der Waals surface area contributed by atoms with Gasteiger partial charge < -0.3 is 4.98 Å². The van der Waals surface area contributed by atoms with Gasteiger partial charge >= 0.3 is 0 Å². The van der Waals surface area contributed by atoms with E-state index in [0.29, 0.717) is 0 Å². The van der Waals surface area contributed by atoms with E-state index in [2.05, 4.69) is 22.5 Å². The summed E-state index contributed by atoms with van der Waals surface area (Å²) in [7, 11) is 0. The van der Waals surface area contributed by atoms with Crippen molar-refractivity contribution in [2.45, 2.75) is 0 Å². The van der Waals surface area contributed by atoms with Crippen molar-refractivity contribution in [1.29, 1.82) is 0 Å². The molecule has 0 saturated carbocycles. The first kappa shape index (κ1) is 9.01. The Morgan fingerprint density at radius 1 is 1.20 bits per heavy atom. The Morgan fingerprint density at radius 3 is 2.87 bits per heavy atom. The van der Waals surface area contributed by atoms with Crippen LogP contribution in [0.5, 0.6) is 0 Å². The third-order valence-electron chi connectivity index (χ3n) is 2.47. The fraction of sp³-hybridized carbons (Fsp3) is 0. The molecular formula is C12H8ClNS. The molecule has 0 bridgehead atoms. The van der Waals surface area contributed by atoms with Crippen molar-refractivity contribution in [2.24, 2.45) is 0 Å². The highest BCUT2D eigenvalue weighted by Crippen LogP contribution is 2.33. The van der Waals surface area contributed by atoms with Gasteiger partial charge in [-0.3, -0.25) is 0 Å². The summed E-state index contributed by atoms with van der Waals surface area (Å²) >= 11 is 7.50. The maximum Gasteiger partial charge on any atom is 0.0934 e. The minimum atomic E-state index is 0.829. The molecule has 0 atom stereocenters. The largest absolute Gasteiger partial charge is 0.361 e. The Morgan fingerprint density at radius 2 is 2.07 bits per heavy atom. The Kier molecular flexibility index (Phi) is 2.04. The second kappa shape index (κ2) is 3.40. The van der Waals surface area contributed by atoms with Crippen molar-refractivity contribution < 1.29 is 0 Å². The molecular weight excluding hydrogens is 226 g/mol. The maximum atomic E-state index is 5.94. The maximum absolute atomic E-state index is 5.94. The summed E-state index contributed by atoms with van der Waals surface area (Å²) in [6, 6.07) is 10.3. The second-order valence-electron chi connectivity index (χ2n) is 3.39. The van der Waals surface area contributed by atoms with E-state index in [4.69, 9.17) is 11.6 Å². The number of aromatic nitrogens is 1. The van der Waals surface area contributed by atoms with Gasteiger partial charge in [0.25, 0.3) is 0 Å². The zero-order chi connectivity index (χ0) is 10.3. The molecule has 0 aliphatic rings. The predicted molar refractivity (Wildman–Crippen MR) is 66.6 cm³/mol. The van der Waals surface area contributed by atoms with Crippen molar-refractivity contribution in [1.82, 2.24) is 4.98 Å². The van der Waals surface area contributed by atoms with Gasteiger partial charge in [-0.15, -0.1) is 11.3 Å². The van der Waals surface area contributed by atoms with Gasteiger partial charge in [0.15, 0.2) is 0 Å². The van der Waals surface area contributed by atoms with Gasteiger partial charge in [0, 0.05) is 28.0 Å². The van der Waals surface area contributed by atoms with Crippen LogP contribution < -0.4 is 0 Å². The number of para-hydroxylation sites is 1. The lowest BCUT2D eigenvalue weighted by atomic mass is 10.1. The highest BCUT2D eigenvalue weighted by atomic mass is 35.5. The van der Waals surface area contributed by atoms with Crippen LogP contribution in [0.25, 0.3) is 22.0 Å². The first-order valence-corrected chi connectivity index (χ1v) is 5.91. The van der Waals surface area contributed by atoms with Gasteiger partial charge in [-0.25, -0.2) is 0 Å². The summed E-state index contributed by atoms with van der Waals surface area (Å²) in [6.07, 6.45) is 2.03. The Balaban J connectivity index is 2.27. The van der Waals surface area contributed by atoms with Crippen LogP contribution in [0, 0.1) is 0 Å². The van der Waals surface area contributed by atoms with Crippen LogP contribution in [-0.2, 0) is 0 Å². The number of halogens is 1. The van der Waals surface area contributed by atoms with Gasteiger partial charge in [0.1, 0.15) is 0 Å². The number of hydrogen-bond acceptors (Lipinski definition) is 1. The van der Waals surface area contributed by atoms with Crippen LogP contribution in [0.3, 0.4) is 0 Å². The molecule has 3 heteroatoms. The van der Waals surface area contributed by atoms with E-state index >= 15 is 0 Å². The van der Waals surface area contributed by atoms with Gasteiger partial charge in [0.2, 0.25) is 0 Å². The zero-order valence-corrected chi connectivity index (χ0v) is 9.40. The fourth-order valence-electron chi connectivity index (χ4n) is 1.76. The molecule has 0 radical (unpaired) electrons. The van der Waals surface area contributed by atoms with Crippen molar-refractivity contribution >= 4 is 33.8 Å². The van der Waals surface area contributed by atoms with Gasteiger partial charge in [-0.2, -0.15) is 0 Å². The highest BCUT2D eigenvalue weighted by molar-refractivity contribution is 7.14. The summed E-state index contributed by atoms with van der Waals surface area (Å²) in [5, 5.41) is 3.32. The van der Waals surface area contributed by atoms with Crippen molar-refractivity contribution in [2.75, 3.05) is 0 Å². The van der Waals surface area contributed by atoms with Crippen LogP contribution in [0.2, 0.25) is 4.34 Å². The number of H-pyrrole nitrogens is 1. The van der Waals surface area contributed by atoms with E-state index in [0.717, 1.165) is 9.85 Å². The van der Waals surface area contributed by atoms with Crippen LogP contribution in [0.4, 0.5) is 0 Å².